The summed E-state index contributed by atoms with van der Waals surface area (Å²) in [6, 6.07) is 14.7. The number of fused-ring (bicyclic) bond motifs is 1. The maximum Gasteiger partial charge on any atom is 4.00 e. The molecule has 0 aliphatic heterocycles. The summed E-state index contributed by atoms with van der Waals surface area (Å²) in [5.74, 6) is 0. The predicted octanol–water partition coefficient (Wildman–Crippen LogP) is 2.73. The summed E-state index contributed by atoms with van der Waals surface area (Å²) in [7, 11) is 6.00. The Morgan fingerprint density at radius 1 is 1.00 bits per heavy atom. The molecule has 1 nitrogen and oxygen atoms in total. The van der Waals surface area contributed by atoms with Gasteiger partial charge in [0.2, 0.25) is 0 Å². The van der Waals surface area contributed by atoms with E-state index in [1.54, 1.807) is 0 Å². The molecule has 0 aliphatic rings. The normalized spacial score (nSPS) is 9.14. The molecule has 0 aromatic heterocycles. The first-order valence-electron chi connectivity index (χ1n) is 4.41. The third kappa shape index (κ3) is 4.66. The van der Waals surface area contributed by atoms with Gasteiger partial charge in [-0.2, -0.15) is 17.5 Å². The molecule has 0 heterocycles. The van der Waals surface area contributed by atoms with E-state index in [1.165, 1.54) is 10.8 Å². The Morgan fingerprint density at radius 3 is 2.14 bits per heavy atom. The fraction of sp³-hybridized carbons (Fsp3) is 0.250. The van der Waals surface area contributed by atoms with Gasteiger partial charge in [-0.25, -0.2) is 0 Å². The molecule has 0 N–H and O–H groups in total. The Kier molecular flexibility index (Phi) is 6.64. The van der Waals surface area contributed by atoms with Gasteiger partial charge in [0.25, 0.3) is 0 Å². The Hall–Kier alpha value is -0.496. The quantitative estimate of drug-likeness (QED) is 0.489. The average molecular weight is 222 g/mol. The van der Waals surface area contributed by atoms with Gasteiger partial charge in [-0.15, -0.1) is 29.7 Å². The first-order chi connectivity index (χ1) is 6.20. The second kappa shape index (κ2) is 6.88. The van der Waals surface area contributed by atoms with Crippen molar-refractivity contribution in [1.82, 2.24) is 4.90 Å². The molecule has 0 aliphatic carbocycles. The van der Waals surface area contributed by atoms with Crippen molar-refractivity contribution >= 4 is 10.8 Å². The van der Waals surface area contributed by atoms with E-state index < -0.39 is 0 Å². The van der Waals surface area contributed by atoms with Crippen molar-refractivity contribution in [2.45, 2.75) is 0 Å². The monoisotopic (exact) mass is 222 g/mol. The van der Waals surface area contributed by atoms with Crippen LogP contribution in [0.2, 0.25) is 0 Å². The van der Waals surface area contributed by atoms with Gasteiger partial charge < -0.3 is 4.90 Å². The van der Waals surface area contributed by atoms with Gasteiger partial charge in [-0.05, 0) is 21.1 Å². The molecule has 2 heteroatoms. The molecule has 0 saturated carbocycles. The fourth-order valence-corrected chi connectivity index (χ4v) is 1.07. The van der Waals surface area contributed by atoms with Crippen LogP contribution in [0.25, 0.3) is 10.8 Å². The fourth-order valence-electron chi connectivity index (χ4n) is 1.07. The summed E-state index contributed by atoms with van der Waals surface area (Å²) in [6.07, 6.45) is 0. The maximum absolute atomic E-state index is 2.12. The van der Waals surface area contributed by atoms with E-state index in [2.05, 4.69) is 42.5 Å². The first kappa shape index (κ1) is 13.5. The molecule has 0 fully saturated rings. The number of hydrogen-bond donors (Lipinski definition) is 0. The molecule has 0 amide bonds. The summed E-state index contributed by atoms with van der Waals surface area (Å²) >= 11 is 0. The summed E-state index contributed by atoms with van der Waals surface area (Å²) in [6.45, 7) is 0. The molecule has 2 aromatic rings. The summed E-state index contributed by atoms with van der Waals surface area (Å²) in [5, 5.41) is 2.66. The Morgan fingerprint density at radius 2 is 1.57 bits per heavy atom. The zero-order valence-corrected chi connectivity index (χ0v) is 10.6. The van der Waals surface area contributed by atoms with Gasteiger partial charge in [0.1, 0.15) is 0 Å². The Labute approximate surface area is 101 Å². The third-order valence-electron chi connectivity index (χ3n) is 1.55. The second-order valence-electron chi connectivity index (χ2n) is 3.50. The van der Waals surface area contributed by atoms with Gasteiger partial charge in [0, 0.05) is 0 Å². The molecule has 70 valence electrons. The largest absolute Gasteiger partial charge is 4.00 e. The summed E-state index contributed by atoms with van der Waals surface area (Å²) < 4.78 is 0. The van der Waals surface area contributed by atoms with Crippen molar-refractivity contribution < 1.29 is 21.7 Å². The molecule has 0 atom stereocenters. The van der Waals surface area contributed by atoms with Crippen LogP contribution in [0.4, 0.5) is 0 Å². The van der Waals surface area contributed by atoms with Crippen LogP contribution >= 0.6 is 0 Å². The van der Waals surface area contributed by atoms with Crippen molar-refractivity contribution in [2.75, 3.05) is 21.1 Å². The van der Waals surface area contributed by atoms with Crippen LogP contribution in [0.1, 0.15) is 0 Å². The molecular weight excluding hydrogens is 206 g/mol. The third-order valence-corrected chi connectivity index (χ3v) is 1.55. The smallest absolute Gasteiger partial charge is 0.312 e. The summed E-state index contributed by atoms with van der Waals surface area (Å²) in [5.41, 5.74) is 0. The zero-order chi connectivity index (χ0) is 9.68. The number of rotatable bonds is 0. The van der Waals surface area contributed by atoms with Crippen molar-refractivity contribution in [1.29, 1.82) is 0 Å². The standard InChI is InChI=1S/C9H7.C3H9N.Ti/c1-2-5-9-7-3-6-8(9)4-1;1-4(2)3;/h1-7H;1-3H3;/q-1;;+4. The minimum Gasteiger partial charge on any atom is -0.312 e. The Bertz CT molecular complexity index is 319. The molecular formula is C12H16NTi+3. The zero-order valence-electron chi connectivity index (χ0n) is 8.99. The molecule has 2 rings (SSSR count). The van der Waals surface area contributed by atoms with Crippen LogP contribution < -0.4 is 0 Å². The van der Waals surface area contributed by atoms with E-state index in [9.17, 15) is 0 Å². The molecule has 2 aromatic carbocycles. The molecule has 0 unspecified atom stereocenters. The van der Waals surface area contributed by atoms with Crippen LogP contribution in [0.3, 0.4) is 0 Å². The van der Waals surface area contributed by atoms with Crippen molar-refractivity contribution in [2.24, 2.45) is 0 Å². The van der Waals surface area contributed by atoms with E-state index in [0.29, 0.717) is 0 Å². The van der Waals surface area contributed by atoms with E-state index in [4.69, 9.17) is 0 Å². The molecule has 0 radical (unpaired) electrons. The SMILES string of the molecule is CN(C)C.[Ti+4].c1ccc2[cH-]ccc2c1. The van der Waals surface area contributed by atoms with Crippen LogP contribution in [0.15, 0.2) is 42.5 Å². The van der Waals surface area contributed by atoms with Crippen LogP contribution in [0, 0.1) is 0 Å². The van der Waals surface area contributed by atoms with E-state index >= 15 is 0 Å². The van der Waals surface area contributed by atoms with Gasteiger partial charge in [0.15, 0.2) is 0 Å². The maximum atomic E-state index is 2.12. The average Bonchev–Trinajstić information content (AvgIpc) is 2.49. The number of hydrogen-bond acceptors (Lipinski definition) is 1. The van der Waals surface area contributed by atoms with Crippen molar-refractivity contribution in [3.05, 3.63) is 42.5 Å². The van der Waals surface area contributed by atoms with Crippen LogP contribution in [-0.4, -0.2) is 26.0 Å². The van der Waals surface area contributed by atoms with Crippen molar-refractivity contribution in [3.63, 3.8) is 0 Å². The van der Waals surface area contributed by atoms with Crippen LogP contribution in [0.5, 0.6) is 0 Å². The van der Waals surface area contributed by atoms with Gasteiger partial charge in [-0.1, -0.05) is 6.07 Å². The number of benzene rings is 1. The van der Waals surface area contributed by atoms with Gasteiger partial charge in [0.05, 0.1) is 0 Å². The minimum absolute atomic E-state index is 0. The molecule has 0 saturated heterocycles. The molecule has 0 spiro atoms. The topological polar surface area (TPSA) is 3.24 Å². The minimum atomic E-state index is 0. The van der Waals surface area contributed by atoms with E-state index in [1.807, 2.05) is 26.0 Å². The first-order valence-corrected chi connectivity index (χ1v) is 4.41. The van der Waals surface area contributed by atoms with E-state index in [0.717, 1.165) is 0 Å². The predicted molar refractivity (Wildman–Crippen MR) is 59.2 cm³/mol. The Balaban J connectivity index is 0.000000299. The van der Waals surface area contributed by atoms with Gasteiger partial charge in [-0.3, -0.25) is 0 Å². The summed E-state index contributed by atoms with van der Waals surface area (Å²) in [4.78, 5) is 2.00. The second-order valence-corrected chi connectivity index (χ2v) is 3.50. The molecule has 14 heavy (non-hydrogen) atoms. The van der Waals surface area contributed by atoms with Gasteiger partial charge >= 0.3 is 21.7 Å². The van der Waals surface area contributed by atoms with Crippen molar-refractivity contribution in [3.8, 4) is 0 Å². The molecule has 0 bridgehead atoms. The number of nitrogens with zero attached hydrogens (tertiary/aromatic N) is 1. The van der Waals surface area contributed by atoms with E-state index in [-0.39, 0.29) is 21.7 Å². The van der Waals surface area contributed by atoms with Crippen LogP contribution in [-0.2, 0) is 21.7 Å².